The van der Waals surface area contributed by atoms with Gasteiger partial charge in [0.25, 0.3) is 5.91 Å². The molecular formula is C18H17FN2O5S. The molecule has 0 spiro atoms. The van der Waals surface area contributed by atoms with Crippen molar-refractivity contribution in [3.05, 3.63) is 59.9 Å². The average Bonchev–Trinajstić information content (AvgIpc) is 2.99. The van der Waals surface area contributed by atoms with Crippen molar-refractivity contribution in [3.63, 3.8) is 0 Å². The van der Waals surface area contributed by atoms with E-state index in [-0.39, 0.29) is 17.0 Å². The first kappa shape index (κ1) is 18.8. The van der Waals surface area contributed by atoms with E-state index < -0.39 is 34.3 Å². The Labute approximate surface area is 155 Å². The standard InChI is InChI=1S/C18H17FN2O5S/c19-14-3-1-4-15(11-14)20-17(22)12-26-18(23)13-5-7-16(8-6-13)21-9-2-10-27(21,24)25/h1,3-8,11H,2,9-10,12H2,(H,20,22). The molecule has 3 rings (SSSR count). The van der Waals surface area contributed by atoms with E-state index in [2.05, 4.69) is 5.32 Å². The molecule has 0 unspecified atom stereocenters. The molecule has 0 radical (unpaired) electrons. The van der Waals surface area contributed by atoms with Crippen LogP contribution in [-0.4, -0.2) is 39.2 Å². The van der Waals surface area contributed by atoms with E-state index in [0.29, 0.717) is 18.7 Å². The van der Waals surface area contributed by atoms with Crippen LogP contribution in [-0.2, 0) is 19.6 Å². The number of carbonyl (C=O) groups excluding carboxylic acids is 2. The zero-order chi connectivity index (χ0) is 19.4. The number of ether oxygens (including phenoxy) is 1. The Bertz CT molecular complexity index is 960. The molecule has 0 aromatic heterocycles. The minimum Gasteiger partial charge on any atom is -0.452 e. The van der Waals surface area contributed by atoms with Crippen molar-refractivity contribution in [2.24, 2.45) is 0 Å². The number of hydrogen-bond acceptors (Lipinski definition) is 5. The summed E-state index contributed by atoms with van der Waals surface area (Å²) in [7, 11) is -3.29. The van der Waals surface area contributed by atoms with Crippen LogP contribution in [0.5, 0.6) is 0 Å². The van der Waals surface area contributed by atoms with Gasteiger partial charge in [0.1, 0.15) is 5.82 Å². The van der Waals surface area contributed by atoms with Gasteiger partial charge in [0, 0.05) is 12.2 Å². The van der Waals surface area contributed by atoms with Crippen molar-refractivity contribution in [2.45, 2.75) is 6.42 Å². The fraction of sp³-hybridized carbons (Fsp3) is 0.222. The van der Waals surface area contributed by atoms with Gasteiger partial charge in [-0.25, -0.2) is 17.6 Å². The molecule has 2 aromatic carbocycles. The van der Waals surface area contributed by atoms with Crippen molar-refractivity contribution in [1.29, 1.82) is 0 Å². The first-order valence-electron chi connectivity index (χ1n) is 8.18. The van der Waals surface area contributed by atoms with E-state index in [9.17, 15) is 22.4 Å². The fourth-order valence-corrected chi connectivity index (χ4v) is 4.24. The maximum absolute atomic E-state index is 13.1. The number of esters is 1. The molecular weight excluding hydrogens is 375 g/mol. The van der Waals surface area contributed by atoms with Crippen LogP contribution in [0.3, 0.4) is 0 Å². The Morgan fingerprint density at radius 3 is 2.52 bits per heavy atom. The Hall–Kier alpha value is -2.94. The molecule has 0 bridgehead atoms. The van der Waals surface area contributed by atoms with E-state index in [1.807, 2.05) is 0 Å². The van der Waals surface area contributed by atoms with E-state index in [1.165, 1.54) is 46.8 Å². The smallest absolute Gasteiger partial charge is 0.338 e. The van der Waals surface area contributed by atoms with Crippen molar-refractivity contribution < 1.29 is 27.1 Å². The first-order valence-corrected chi connectivity index (χ1v) is 9.79. The highest BCUT2D eigenvalue weighted by Crippen LogP contribution is 2.24. The summed E-state index contributed by atoms with van der Waals surface area (Å²) in [5.74, 6) is -1.71. The minimum absolute atomic E-state index is 0.108. The normalized spacial score (nSPS) is 15.4. The number of anilines is 2. The van der Waals surface area contributed by atoms with Crippen LogP contribution in [0.15, 0.2) is 48.5 Å². The van der Waals surface area contributed by atoms with Crippen LogP contribution in [0.4, 0.5) is 15.8 Å². The number of halogens is 1. The zero-order valence-corrected chi connectivity index (χ0v) is 15.0. The Morgan fingerprint density at radius 2 is 1.89 bits per heavy atom. The van der Waals surface area contributed by atoms with Gasteiger partial charge in [-0.05, 0) is 48.9 Å². The monoisotopic (exact) mass is 392 g/mol. The number of nitrogens with one attached hydrogen (secondary N) is 1. The number of benzene rings is 2. The number of sulfonamides is 1. The third kappa shape index (κ3) is 4.62. The van der Waals surface area contributed by atoms with Crippen LogP contribution in [0.25, 0.3) is 0 Å². The van der Waals surface area contributed by atoms with Crippen molar-refractivity contribution in [2.75, 3.05) is 28.5 Å². The van der Waals surface area contributed by atoms with Gasteiger partial charge in [-0.1, -0.05) is 6.07 Å². The van der Waals surface area contributed by atoms with E-state index in [4.69, 9.17) is 4.74 Å². The lowest BCUT2D eigenvalue weighted by Crippen LogP contribution is -2.25. The number of carbonyl (C=O) groups is 2. The van der Waals surface area contributed by atoms with Gasteiger partial charge in [-0.3, -0.25) is 9.10 Å². The zero-order valence-electron chi connectivity index (χ0n) is 14.2. The summed E-state index contributed by atoms with van der Waals surface area (Å²) in [6.07, 6.45) is 0.562. The summed E-state index contributed by atoms with van der Waals surface area (Å²) in [6, 6.07) is 11.3. The summed E-state index contributed by atoms with van der Waals surface area (Å²) in [5.41, 5.74) is 0.925. The number of rotatable bonds is 5. The fourth-order valence-electron chi connectivity index (χ4n) is 2.67. The molecule has 9 heteroatoms. The van der Waals surface area contributed by atoms with Crippen LogP contribution in [0, 0.1) is 5.82 Å². The van der Waals surface area contributed by atoms with E-state index in [1.54, 1.807) is 0 Å². The van der Waals surface area contributed by atoms with Gasteiger partial charge < -0.3 is 10.1 Å². The Balaban J connectivity index is 1.56. The molecule has 142 valence electrons. The van der Waals surface area contributed by atoms with Gasteiger partial charge in [0.2, 0.25) is 10.0 Å². The third-order valence-electron chi connectivity index (χ3n) is 3.93. The molecule has 1 aliphatic heterocycles. The molecule has 1 fully saturated rings. The highest BCUT2D eigenvalue weighted by atomic mass is 32.2. The van der Waals surface area contributed by atoms with Crippen molar-refractivity contribution in [3.8, 4) is 0 Å². The molecule has 1 heterocycles. The van der Waals surface area contributed by atoms with Gasteiger partial charge in [-0.2, -0.15) is 0 Å². The maximum Gasteiger partial charge on any atom is 0.338 e. The molecule has 1 N–H and O–H groups in total. The minimum atomic E-state index is -3.29. The summed E-state index contributed by atoms with van der Waals surface area (Å²) < 4.78 is 43.1. The summed E-state index contributed by atoms with van der Waals surface area (Å²) in [6.45, 7) is -0.121. The molecule has 2 aromatic rings. The van der Waals surface area contributed by atoms with Gasteiger partial charge in [-0.15, -0.1) is 0 Å². The van der Waals surface area contributed by atoms with Crippen LogP contribution in [0.2, 0.25) is 0 Å². The molecule has 27 heavy (non-hydrogen) atoms. The molecule has 0 atom stereocenters. The molecule has 0 aliphatic carbocycles. The summed E-state index contributed by atoms with van der Waals surface area (Å²) in [5, 5.41) is 2.42. The van der Waals surface area contributed by atoms with E-state index >= 15 is 0 Å². The lowest BCUT2D eigenvalue weighted by atomic mass is 10.2. The second kappa shape index (κ2) is 7.75. The van der Waals surface area contributed by atoms with Gasteiger partial charge in [0.05, 0.1) is 17.0 Å². The molecule has 1 aliphatic rings. The van der Waals surface area contributed by atoms with Crippen molar-refractivity contribution >= 4 is 33.3 Å². The second-order valence-electron chi connectivity index (χ2n) is 5.92. The predicted molar refractivity (Wildman–Crippen MR) is 97.5 cm³/mol. The molecule has 1 amide bonds. The SMILES string of the molecule is O=C(COC(=O)c1ccc(N2CCCS2(=O)=O)cc1)Nc1cccc(F)c1. The van der Waals surface area contributed by atoms with Crippen LogP contribution >= 0.6 is 0 Å². The maximum atomic E-state index is 13.1. The summed E-state index contributed by atoms with van der Waals surface area (Å²) >= 11 is 0. The second-order valence-corrected chi connectivity index (χ2v) is 7.94. The molecule has 7 nitrogen and oxygen atoms in total. The first-order chi connectivity index (χ1) is 12.8. The summed E-state index contributed by atoms with van der Waals surface area (Å²) in [4.78, 5) is 23.8. The topological polar surface area (TPSA) is 92.8 Å². The molecule has 0 saturated carbocycles. The number of nitrogens with zero attached hydrogens (tertiary/aromatic N) is 1. The van der Waals surface area contributed by atoms with E-state index in [0.717, 1.165) is 6.07 Å². The van der Waals surface area contributed by atoms with Crippen molar-refractivity contribution in [1.82, 2.24) is 0 Å². The predicted octanol–water partition coefficient (Wildman–Crippen LogP) is 2.16. The highest BCUT2D eigenvalue weighted by molar-refractivity contribution is 7.93. The Kier molecular flexibility index (Phi) is 5.41. The Morgan fingerprint density at radius 1 is 1.15 bits per heavy atom. The average molecular weight is 392 g/mol. The lowest BCUT2D eigenvalue weighted by molar-refractivity contribution is -0.119. The lowest BCUT2D eigenvalue weighted by Gasteiger charge is -2.16. The largest absolute Gasteiger partial charge is 0.452 e. The quantitative estimate of drug-likeness (QED) is 0.787. The van der Waals surface area contributed by atoms with Gasteiger partial charge in [0.15, 0.2) is 6.61 Å². The third-order valence-corrected chi connectivity index (χ3v) is 5.80. The molecule has 1 saturated heterocycles. The highest BCUT2D eigenvalue weighted by Gasteiger charge is 2.28. The number of hydrogen-bond donors (Lipinski definition) is 1. The van der Waals surface area contributed by atoms with Crippen LogP contribution < -0.4 is 9.62 Å². The number of amides is 1. The van der Waals surface area contributed by atoms with Crippen LogP contribution in [0.1, 0.15) is 16.8 Å². The van der Waals surface area contributed by atoms with Gasteiger partial charge >= 0.3 is 5.97 Å².